The third-order valence-corrected chi connectivity index (χ3v) is 3.30. The van der Waals surface area contributed by atoms with Crippen LogP contribution in [0.5, 0.6) is 0 Å². The second-order valence-electron chi connectivity index (χ2n) is 3.18. The van der Waals surface area contributed by atoms with Crippen molar-refractivity contribution in [2.24, 2.45) is 5.92 Å². The highest BCUT2D eigenvalue weighted by molar-refractivity contribution is 7.10. The van der Waals surface area contributed by atoms with Crippen LogP contribution < -0.4 is 5.32 Å². The van der Waals surface area contributed by atoms with Crippen molar-refractivity contribution < 1.29 is 0 Å². The van der Waals surface area contributed by atoms with Crippen molar-refractivity contribution in [1.82, 2.24) is 5.32 Å². The van der Waals surface area contributed by atoms with Crippen LogP contribution in [0.4, 0.5) is 0 Å². The molecule has 0 aromatic carbocycles. The normalized spacial score (nSPS) is 28.8. The van der Waals surface area contributed by atoms with E-state index < -0.39 is 0 Å². The zero-order chi connectivity index (χ0) is 7.68. The zero-order valence-corrected chi connectivity index (χ0v) is 7.53. The topological polar surface area (TPSA) is 12.0 Å². The minimum absolute atomic E-state index is 0.877. The largest absolute Gasteiger partial charge is 0.319 e. The van der Waals surface area contributed by atoms with Crippen LogP contribution in [0.15, 0.2) is 17.5 Å². The molecule has 1 aliphatic rings. The van der Waals surface area contributed by atoms with Crippen molar-refractivity contribution >= 4 is 11.3 Å². The predicted octanol–water partition coefficient (Wildman–Crippen LogP) is 2.07. The lowest BCUT2D eigenvalue weighted by Gasteiger charge is -1.94. The van der Waals surface area contributed by atoms with Gasteiger partial charge in [-0.1, -0.05) is 6.07 Å². The third kappa shape index (κ3) is 1.47. The summed E-state index contributed by atoms with van der Waals surface area (Å²) in [6.45, 7) is 1.18. The second kappa shape index (κ2) is 2.95. The number of rotatable bonds is 3. The molecule has 2 atom stereocenters. The molecular formula is C9H13NS. The number of hydrogen-bond acceptors (Lipinski definition) is 2. The van der Waals surface area contributed by atoms with Gasteiger partial charge in [-0.3, -0.25) is 0 Å². The maximum Gasteiger partial charge on any atom is 0.00795 e. The molecule has 1 nitrogen and oxygen atoms in total. The van der Waals surface area contributed by atoms with Gasteiger partial charge in [0.05, 0.1) is 0 Å². The monoisotopic (exact) mass is 167 g/mol. The first-order valence-electron chi connectivity index (χ1n) is 4.10. The van der Waals surface area contributed by atoms with Crippen LogP contribution >= 0.6 is 11.3 Å². The Morgan fingerprint density at radius 3 is 3.27 bits per heavy atom. The van der Waals surface area contributed by atoms with Crippen molar-refractivity contribution in [3.63, 3.8) is 0 Å². The molecule has 0 bridgehead atoms. The fraction of sp³-hybridized carbons (Fsp3) is 0.556. The minimum atomic E-state index is 0.877. The van der Waals surface area contributed by atoms with Gasteiger partial charge in [0.25, 0.3) is 0 Å². The van der Waals surface area contributed by atoms with Gasteiger partial charge in [0, 0.05) is 4.88 Å². The van der Waals surface area contributed by atoms with Crippen molar-refractivity contribution in [2.45, 2.75) is 12.3 Å². The highest BCUT2D eigenvalue weighted by Gasteiger charge is 2.37. The summed E-state index contributed by atoms with van der Waals surface area (Å²) in [6.07, 6.45) is 1.39. The van der Waals surface area contributed by atoms with Gasteiger partial charge in [0.2, 0.25) is 0 Å². The average molecular weight is 167 g/mol. The molecule has 0 aliphatic heterocycles. The third-order valence-electron chi connectivity index (χ3n) is 2.30. The molecule has 11 heavy (non-hydrogen) atoms. The van der Waals surface area contributed by atoms with Crippen LogP contribution in [0.2, 0.25) is 0 Å². The van der Waals surface area contributed by atoms with E-state index in [0.29, 0.717) is 0 Å². The Bertz CT molecular complexity index is 217. The summed E-state index contributed by atoms with van der Waals surface area (Å²) in [5.41, 5.74) is 0. The van der Waals surface area contributed by atoms with Crippen LogP contribution in [0, 0.1) is 5.92 Å². The first kappa shape index (κ1) is 7.32. The van der Waals surface area contributed by atoms with E-state index in [4.69, 9.17) is 0 Å². The molecule has 0 saturated heterocycles. The Kier molecular flexibility index (Phi) is 1.96. The summed E-state index contributed by atoms with van der Waals surface area (Å²) in [4.78, 5) is 1.57. The molecule has 1 aliphatic carbocycles. The Morgan fingerprint density at radius 2 is 2.64 bits per heavy atom. The molecule has 0 spiro atoms. The van der Waals surface area contributed by atoms with E-state index in [0.717, 1.165) is 11.8 Å². The van der Waals surface area contributed by atoms with E-state index >= 15 is 0 Å². The molecule has 1 fully saturated rings. The maximum atomic E-state index is 3.23. The van der Waals surface area contributed by atoms with E-state index in [9.17, 15) is 0 Å². The average Bonchev–Trinajstić information content (AvgIpc) is 2.61. The van der Waals surface area contributed by atoms with Crippen molar-refractivity contribution in [2.75, 3.05) is 13.6 Å². The van der Waals surface area contributed by atoms with E-state index in [-0.39, 0.29) is 0 Å². The van der Waals surface area contributed by atoms with Crippen molar-refractivity contribution in [3.8, 4) is 0 Å². The van der Waals surface area contributed by atoms with Gasteiger partial charge in [-0.25, -0.2) is 0 Å². The zero-order valence-electron chi connectivity index (χ0n) is 6.71. The van der Waals surface area contributed by atoms with E-state index in [2.05, 4.69) is 22.8 Å². The Morgan fingerprint density at radius 1 is 1.73 bits per heavy atom. The summed E-state index contributed by atoms with van der Waals surface area (Å²) >= 11 is 1.90. The van der Waals surface area contributed by atoms with Crippen LogP contribution in [-0.2, 0) is 0 Å². The second-order valence-corrected chi connectivity index (χ2v) is 4.15. The Hall–Kier alpha value is -0.340. The molecule has 1 aromatic rings. The molecule has 60 valence electrons. The molecule has 0 amide bonds. The lowest BCUT2D eigenvalue weighted by atomic mass is 10.3. The SMILES string of the molecule is CNC[C@@H]1C[C@H]1c1cccs1. The van der Waals surface area contributed by atoms with Crippen LogP contribution in [-0.4, -0.2) is 13.6 Å². The number of nitrogens with one attached hydrogen (secondary N) is 1. The molecule has 2 rings (SSSR count). The van der Waals surface area contributed by atoms with Crippen LogP contribution in [0.1, 0.15) is 17.2 Å². The summed E-state index contributed by atoms with van der Waals surface area (Å²) in [5.74, 6) is 1.79. The summed E-state index contributed by atoms with van der Waals surface area (Å²) in [6, 6.07) is 4.40. The van der Waals surface area contributed by atoms with Gasteiger partial charge >= 0.3 is 0 Å². The fourth-order valence-corrected chi connectivity index (χ4v) is 2.52. The number of hydrogen-bond donors (Lipinski definition) is 1. The first-order chi connectivity index (χ1) is 5.42. The molecule has 0 radical (unpaired) electrons. The standard InChI is InChI=1S/C9H13NS/c1-10-6-7-5-8(7)9-3-2-4-11-9/h2-4,7-8,10H,5-6H2,1H3/t7-,8+/m0/s1. The van der Waals surface area contributed by atoms with Crippen LogP contribution in [0.3, 0.4) is 0 Å². The summed E-state index contributed by atoms with van der Waals surface area (Å²) in [5, 5.41) is 5.40. The lowest BCUT2D eigenvalue weighted by molar-refractivity contribution is 0.700. The summed E-state index contributed by atoms with van der Waals surface area (Å²) < 4.78 is 0. The van der Waals surface area contributed by atoms with Gasteiger partial charge in [-0.15, -0.1) is 11.3 Å². The predicted molar refractivity (Wildman–Crippen MR) is 49.1 cm³/mol. The fourth-order valence-electron chi connectivity index (χ4n) is 1.59. The molecule has 0 unspecified atom stereocenters. The molecule has 1 heterocycles. The number of thiophene rings is 1. The van der Waals surface area contributed by atoms with Crippen LogP contribution in [0.25, 0.3) is 0 Å². The highest BCUT2D eigenvalue weighted by Crippen LogP contribution is 2.48. The Balaban J connectivity index is 1.92. The van der Waals surface area contributed by atoms with Gasteiger partial charge in [-0.05, 0) is 43.3 Å². The smallest absolute Gasteiger partial charge is 0.00795 e. The molecule has 2 heteroatoms. The molecule has 1 saturated carbocycles. The summed E-state index contributed by atoms with van der Waals surface area (Å²) in [7, 11) is 2.03. The van der Waals surface area contributed by atoms with Crippen molar-refractivity contribution in [1.29, 1.82) is 0 Å². The first-order valence-corrected chi connectivity index (χ1v) is 4.98. The van der Waals surface area contributed by atoms with E-state index in [1.165, 1.54) is 13.0 Å². The van der Waals surface area contributed by atoms with Gasteiger partial charge in [0.1, 0.15) is 0 Å². The maximum absolute atomic E-state index is 3.23. The Labute approximate surface area is 71.4 Å². The quantitative estimate of drug-likeness (QED) is 0.726. The molecular weight excluding hydrogens is 154 g/mol. The van der Waals surface area contributed by atoms with Gasteiger partial charge in [-0.2, -0.15) is 0 Å². The molecule has 1 N–H and O–H groups in total. The lowest BCUT2D eigenvalue weighted by Crippen LogP contribution is -2.09. The van der Waals surface area contributed by atoms with E-state index in [1.807, 2.05) is 18.4 Å². The molecule has 1 aromatic heterocycles. The minimum Gasteiger partial charge on any atom is -0.319 e. The van der Waals surface area contributed by atoms with E-state index in [1.54, 1.807) is 4.88 Å². The van der Waals surface area contributed by atoms with Crippen molar-refractivity contribution in [3.05, 3.63) is 22.4 Å². The van der Waals surface area contributed by atoms with Gasteiger partial charge < -0.3 is 5.32 Å². The van der Waals surface area contributed by atoms with Gasteiger partial charge in [0.15, 0.2) is 0 Å². The highest BCUT2D eigenvalue weighted by atomic mass is 32.1.